The Labute approximate surface area is 241 Å². The van der Waals surface area contributed by atoms with Crippen LogP contribution in [0.4, 0.5) is 0 Å². The van der Waals surface area contributed by atoms with E-state index < -0.39 is 5.97 Å². The fourth-order valence-electron chi connectivity index (χ4n) is 5.27. The van der Waals surface area contributed by atoms with Gasteiger partial charge in [0.15, 0.2) is 5.78 Å². The first-order valence-electron chi connectivity index (χ1n) is 14.6. The summed E-state index contributed by atoms with van der Waals surface area (Å²) in [6.07, 6.45) is 5.86. The first kappa shape index (κ1) is 28.1. The van der Waals surface area contributed by atoms with Crippen LogP contribution in [0.15, 0.2) is 103 Å². The summed E-state index contributed by atoms with van der Waals surface area (Å²) in [5, 5.41) is 4.13. The van der Waals surface area contributed by atoms with Gasteiger partial charge in [0.25, 0.3) is 0 Å². The van der Waals surface area contributed by atoms with Gasteiger partial charge in [-0.05, 0) is 40.1 Å². The van der Waals surface area contributed by atoms with Gasteiger partial charge in [0.1, 0.15) is 11.5 Å². The largest absolute Gasteiger partial charge is 0.493 e. The lowest BCUT2D eigenvalue weighted by Crippen LogP contribution is -2.11. The maximum Gasteiger partial charge on any atom is 0.311 e. The first-order chi connectivity index (χ1) is 20.2. The van der Waals surface area contributed by atoms with Gasteiger partial charge in [-0.3, -0.25) is 9.59 Å². The van der Waals surface area contributed by atoms with Gasteiger partial charge < -0.3 is 9.47 Å². The van der Waals surface area contributed by atoms with Gasteiger partial charge in [-0.1, -0.05) is 124 Å². The highest BCUT2D eigenvalue weighted by molar-refractivity contribution is 6.10. The van der Waals surface area contributed by atoms with Gasteiger partial charge >= 0.3 is 5.97 Å². The predicted octanol–water partition coefficient (Wildman–Crippen LogP) is 9.58. The number of Topliss-reactive ketones (excluding diaryl/α,β-unsaturated/α-hetero) is 1. The molecule has 208 valence electrons. The van der Waals surface area contributed by atoms with Crippen LogP contribution in [0.1, 0.15) is 62.2 Å². The molecule has 5 aromatic rings. The molecule has 41 heavy (non-hydrogen) atoms. The van der Waals surface area contributed by atoms with Crippen LogP contribution in [0.25, 0.3) is 32.7 Å². The van der Waals surface area contributed by atoms with E-state index in [0.717, 1.165) is 51.3 Å². The topological polar surface area (TPSA) is 52.6 Å². The van der Waals surface area contributed by atoms with Crippen molar-refractivity contribution in [1.29, 1.82) is 0 Å². The summed E-state index contributed by atoms with van der Waals surface area (Å²) in [5.74, 6) is 0.714. The highest BCUT2D eigenvalue weighted by atomic mass is 16.5. The minimum Gasteiger partial charge on any atom is -0.493 e. The number of hydrogen-bond donors (Lipinski definition) is 0. The van der Waals surface area contributed by atoms with Gasteiger partial charge in [-0.15, -0.1) is 0 Å². The Morgan fingerprint density at radius 2 is 1.17 bits per heavy atom. The van der Waals surface area contributed by atoms with Gasteiger partial charge in [0, 0.05) is 23.1 Å². The van der Waals surface area contributed by atoms with E-state index in [2.05, 4.69) is 37.3 Å². The summed E-state index contributed by atoms with van der Waals surface area (Å²) >= 11 is 0. The Morgan fingerprint density at radius 3 is 1.85 bits per heavy atom. The van der Waals surface area contributed by atoms with E-state index in [9.17, 15) is 9.59 Å². The first-order valence-corrected chi connectivity index (χ1v) is 14.6. The molecule has 5 rings (SSSR count). The molecule has 4 heteroatoms. The van der Waals surface area contributed by atoms with Crippen LogP contribution < -0.4 is 9.47 Å². The molecule has 0 spiro atoms. The fraction of sp³-hybridized carbons (Fsp3) is 0.243. The van der Waals surface area contributed by atoms with Crippen molar-refractivity contribution in [3.8, 4) is 22.6 Å². The summed E-state index contributed by atoms with van der Waals surface area (Å²) in [6.45, 7) is 2.84. The second kappa shape index (κ2) is 13.8. The van der Waals surface area contributed by atoms with Crippen LogP contribution in [0.5, 0.6) is 11.5 Å². The van der Waals surface area contributed by atoms with Gasteiger partial charge in [0.2, 0.25) is 0 Å². The minimum atomic E-state index is -0.440. The molecule has 0 aliphatic rings. The van der Waals surface area contributed by atoms with Crippen molar-refractivity contribution in [2.75, 3.05) is 6.61 Å². The molecular weight excluding hydrogens is 508 g/mol. The van der Waals surface area contributed by atoms with Crippen molar-refractivity contribution in [3.05, 3.63) is 109 Å². The molecule has 0 saturated carbocycles. The molecule has 0 heterocycles. The second-order valence-corrected chi connectivity index (χ2v) is 10.3. The number of carbonyl (C=O) groups excluding carboxylic acids is 2. The lowest BCUT2D eigenvalue weighted by Gasteiger charge is -2.19. The number of fused-ring (bicyclic) bond motifs is 2. The zero-order valence-corrected chi connectivity index (χ0v) is 23.6. The minimum absolute atomic E-state index is 0.00332. The number of hydrogen-bond acceptors (Lipinski definition) is 4. The summed E-state index contributed by atoms with van der Waals surface area (Å²) in [5.41, 5.74) is 2.33. The van der Waals surface area contributed by atoms with Crippen molar-refractivity contribution in [1.82, 2.24) is 0 Å². The van der Waals surface area contributed by atoms with E-state index in [1.807, 2.05) is 60.7 Å². The predicted molar refractivity (Wildman–Crippen MR) is 167 cm³/mol. The maximum atomic E-state index is 13.1. The average molecular weight is 545 g/mol. The third-order valence-corrected chi connectivity index (χ3v) is 7.41. The van der Waals surface area contributed by atoms with E-state index in [-0.39, 0.29) is 18.6 Å². The van der Waals surface area contributed by atoms with Gasteiger partial charge in [-0.2, -0.15) is 0 Å². The molecule has 0 radical (unpaired) electrons. The number of ketones is 1. The Morgan fingerprint density at radius 1 is 0.585 bits per heavy atom. The third-order valence-electron chi connectivity index (χ3n) is 7.41. The van der Waals surface area contributed by atoms with E-state index >= 15 is 0 Å². The number of unbranched alkanes of at least 4 members (excludes halogenated alkanes) is 4. The van der Waals surface area contributed by atoms with Gasteiger partial charge in [0.05, 0.1) is 13.0 Å². The summed E-state index contributed by atoms with van der Waals surface area (Å²) in [6, 6.07) is 33.3. The Kier molecular flexibility index (Phi) is 9.43. The molecule has 0 amide bonds. The van der Waals surface area contributed by atoms with Crippen LogP contribution in [0.2, 0.25) is 0 Å². The lowest BCUT2D eigenvalue weighted by atomic mass is 9.92. The van der Waals surface area contributed by atoms with Crippen molar-refractivity contribution in [2.24, 2.45) is 0 Å². The highest BCUT2D eigenvalue weighted by Gasteiger charge is 2.21. The zero-order chi connectivity index (χ0) is 28.4. The number of benzene rings is 5. The third kappa shape index (κ3) is 6.83. The Balaban J connectivity index is 1.50. The van der Waals surface area contributed by atoms with Crippen molar-refractivity contribution in [3.63, 3.8) is 0 Å². The van der Waals surface area contributed by atoms with E-state index in [4.69, 9.17) is 9.47 Å². The Bertz CT molecular complexity index is 1640. The summed E-state index contributed by atoms with van der Waals surface area (Å²) < 4.78 is 12.5. The van der Waals surface area contributed by atoms with Gasteiger partial charge in [-0.25, -0.2) is 0 Å². The SMILES string of the molecule is CCCCCCCOc1ccc2ccccc2c1-c1c(OC(=O)CCC(=O)c2ccccc2)ccc2ccccc12. The molecule has 0 aliphatic carbocycles. The molecule has 4 nitrogen and oxygen atoms in total. The zero-order valence-electron chi connectivity index (χ0n) is 23.6. The van der Waals surface area contributed by atoms with E-state index in [1.165, 1.54) is 19.3 Å². The molecule has 0 aliphatic heterocycles. The Hall–Kier alpha value is -4.44. The molecular formula is C37H36O4. The van der Waals surface area contributed by atoms with Crippen LogP contribution in [0.3, 0.4) is 0 Å². The van der Waals surface area contributed by atoms with Crippen molar-refractivity contribution < 1.29 is 19.1 Å². The smallest absolute Gasteiger partial charge is 0.311 e. The van der Waals surface area contributed by atoms with E-state index in [1.54, 1.807) is 12.1 Å². The van der Waals surface area contributed by atoms with E-state index in [0.29, 0.717) is 17.9 Å². The van der Waals surface area contributed by atoms with Crippen LogP contribution in [-0.2, 0) is 4.79 Å². The number of esters is 1. The fourth-order valence-corrected chi connectivity index (χ4v) is 5.27. The molecule has 0 saturated heterocycles. The maximum absolute atomic E-state index is 13.1. The normalized spacial score (nSPS) is 11.0. The quantitative estimate of drug-likeness (QED) is 0.0641. The average Bonchev–Trinajstić information content (AvgIpc) is 3.02. The van der Waals surface area contributed by atoms with Crippen molar-refractivity contribution >= 4 is 33.3 Å². The molecule has 5 aromatic carbocycles. The molecule has 0 N–H and O–H groups in total. The summed E-state index contributed by atoms with van der Waals surface area (Å²) in [7, 11) is 0. The van der Waals surface area contributed by atoms with Crippen LogP contribution in [0, 0.1) is 0 Å². The second-order valence-electron chi connectivity index (χ2n) is 10.3. The number of ether oxygens (including phenoxy) is 2. The standard InChI is InChI=1S/C37H36O4/c1-2-3-4-5-13-26-40-33-23-20-27-14-9-11-18-30(27)36(33)37-31-19-12-10-15-28(31)21-24-34(37)41-35(39)25-22-32(38)29-16-7-6-8-17-29/h6-12,14-21,23-24H,2-5,13,22,25-26H2,1H3. The molecule has 0 fully saturated rings. The molecule has 0 aromatic heterocycles. The van der Waals surface area contributed by atoms with Crippen molar-refractivity contribution in [2.45, 2.75) is 51.9 Å². The number of rotatable bonds is 13. The summed E-state index contributed by atoms with van der Waals surface area (Å²) in [4.78, 5) is 25.7. The molecule has 0 atom stereocenters. The van der Waals surface area contributed by atoms with Crippen LogP contribution in [-0.4, -0.2) is 18.4 Å². The number of carbonyl (C=O) groups is 2. The molecule has 0 bridgehead atoms. The molecule has 0 unspecified atom stereocenters. The van der Waals surface area contributed by atoms with Crippen LogP contribution >= 0.6 is 0 Å². The lowest BCUT2D eigenvalue weighted by molar-refractivity contribution is -0.134. The monoisotopic (exact) mass is 544 g/mol. The highest BCUT2D eigenvalue weighted by Crippen LogP contribution is 2.45.